The van der Waals surface area contributed by atoms with Gasteiger partial charge in [0.25, 0.3) is 11.8 Å². The molecule has 1 aromatic heterocycles. The van der Waals surface area contributed by atoms with E-state index in [2.05, 4.69) is 15.3 Å². The van der Waals surface area contributed by atoms with Crippen LogP contribution in [0.2, 0.25) is 0 Å². The summed E-state index contributed by atoms with van der Waals surface area (Å²) in [7, 11) is 0. The number of nitrogen functional groups attached to an aromatic ring is 1. The fourth-order valence-electron chi connectivity index (χ4n) is 3.48. The number of nitrogens with two attached hydrogens (primary N) is 2. The summed E-state index contributed by atoms with van der Waals surface area (Å²) in [6.07, 6.45) is 4.25. The van der Waals surface area contributed by atoms with Gasteiger partial charge in [-0.15, -0.1) is 11.3 Å². The molecule has 1 aliphatic heterocycles. The van der Waals surface area contributed by atoms with Gasteiger partial charge in [0.2, 0.25) is 0 Å². The Morgan fingerprint density at radius 1 is 1.17 bits per heavy atom. The minimum atomic E-state index is -0.300. The number of carbonyl (C=O) groups is 2. The highest BCUT2D eigenvalue weighted by atomic mass is 32.1. The van der Waals surface area contributed by atoms with Gasteiger partial charge in [-0.1, -0.05) is 25.1 Å². The lowest BCUT2D eigenvalue weighted by atomic mass is 10.0. The summed E-state index contributed by atoms with van der Waals surface area (Å²) in [5.74, 6) is -0.305. The molecule has 0 bridgehead atoms. The molecule has 1 aliphatic rings. The smallest absolute Gasteiger partial charge is 0.273 e. The van der Waals surface area contributed by atoms with Crippen molar-refractivity contribution in [2.45, 2.75) is 26.4 Å². The zero-order valence-electron chi connectivity index (χ0n) is 19.2. The van der Waals surface area contributed by atoms with Gasteiger partial charge in [-0.2, -0.15) is 0 Å². The molecule has 0 unspecified atom stereocenters. The van der Waals surface area contributed by atoms with E-state index in [9.17, 15) is 9.59 Å². The standard InChI is InChI=1S/C25H26N6O3S/c1-2-10-31(34-15-16-3-7-20(26)8-4-16)24(33)19-12-17-5-6-18(13-21(17)29-22(27)14-19)23(32)30-25-28-9-11-35-25/h3-9,11-13H,2,10,14-15,26H2,1H3,(H2,27,29)(H,28,30,32). The van der Waals surface area contributed by atoms with Crippen molar-refractivity contribution in [3.05, 3.63) is 76.3 Å². The number of carbonyl (C=O) groups excluding carboxylic acids is 2. The van der Waals surface area contributed by atoms with Crippen LogP contribution in [0.25, 0.3) is 6.08 Å². The highest BCUT2D eigenvalue weighted by Crippen LogP contribution is 2.29. The average molecular weight is 491 g/mol. The minimum absolute atomic E-state index is 0.166. The highest BCUT2D eigenvalue weighted by molar-refractivity contribution is 7.13. The van der Waals surface area contributed by atoms with Crippen LogP contribution >= 0.6 is 11.3 Å². The first-order chi connectivity index (χ1) is 16.9. The number of amides is 2. The molecule has 4 rings (SSSR count). The molecule has 0 atom stereocenters. The van der Waals surface area contributed by atoms with Crippen molar-refractivity contribution in [1.82, 2.24) is 10.0 Å². The second-order valence-corrected chi connectivity index (χ2v) is 8.83. The van der Waals surface area contributed by atoms with Crippen LogP contribution in [0.3, 0.4) is 0 Å². The molecule has 2 amide bonds. The fraction of sp³-hybridized carbons (Fsp3) is 0.200. The van der Waals surface area contributed by atoms with E-state index in [4.69, 9.17) is 16.3 Å². The van der Waals surface area contributed by atoms with Gasteiger partial charge in [-0.25, -0.2) is 15.0 Å². The predicted molar refractivity (Wildman–Crippen MR) is 138 cm³/mol. The predicted octanol–water partition coefficient (Wildman–Crippen LogP) is 4.12. The van der Waals surface area contributed by atoms with Crippen LogP contribution < -0.4 is 16.8 Å². The van der Waals surface area contributed by atoms with E-state index >= 15 is 0 Å². The zero-order chi connectivity index (χ0) is 24.8. The highest BCUT2D eigenvalue weighted by Gasteiger charge is 2.23. The number of benzene rings is 2. The van der Waals surface area contributed by atoms with Gasteiger partial charge in [0.15, 0.2) is 5.13 Å². The summed E-state index contributed by atoms with van der Waals surface area (Å²) in [5.41, 5.74) is 15.5. The Hall–Kier alpha value is -4.02. The van der Waals surface area contributed by atoms with Crippen LogP contribution in [-0.4, -0.2) is 34.2 Å². The molecular weight excluding hydrogens is 464 g/mol. The Kier molecular flexibility index (Phi) is 7.54. The molecule has 10 heteroatoms. The molecule has 0 spiro atoms. The van der Waals surface area contributed by atoms with E-state index in [0.717, 1.165) is 12.0 Å². The number of hydrogen-bond acceptors (Lipinski definition) is 8. The fourth-order valence-corrected chi connectivity index (χ4v) is 4.00. The van der Waals surface area contributed by atoms with Gasteiger partial charge in [0.05, 0.1) is 5.69 Å². The van der Waals surface area contributed by atoms with E-state index in [1.54, 1.807) is 48.0 Å². The maximum Gasteiger partial charge on any atom is 0.273 e. The number of hydrogen-bond donors (Lipinski definition) is 3. The Morgan fingerprint density at radius 3 is 2.69 bits per heavy atom. The third kappa shape index (κ3) is 6.11. The number of nitrogens with one attached hydrogen (secondary N) is 1. The van der Waals surface area contributed by atoms with E-state index in [0.29, 0.717) is 39.8 Å². The normalized spacial score (nSPS) is 12.7. The monoisotopic (exact) mass is 490 g/mol. The Balaban J connectivity index is 1.53. The second kappa shape index (κ2) is 10.9. The van der Waals surface area contributed by atoms with Crippen LogP contribution in [0.5, 0.6) is 0 Å². The molecule has 2 aromatic carbocycles. The second-order valence-electron chi connectivity index (χ2n) is 7.94. The molecule has 0 aliphatic carbocycles. The summed E-state index contributed by atoms with van der Waals surface area (Å²) in [4.78, 5) is 40.3. The number of fused-ring (bicyclic) bond motifs is 1. The SMILES string of the molecule is CCCN(OCc1ccc(N)cc1)C(=O)C1=Cc2ccc(C(=O)Nc3nccs3)cc2N=C(N)C1. The molecule has 9 nitrogen and oxygen atoms in total. The van der Waals surface area contributed by atoms with Gasteiger partial charge in [-0.3, -0.25) is 19.7 Å². The van der Waals surface area contributed by atoms with Crippen LogP contribution in [0.1, 0.15) is 41.3 Å². The number of aromatic nitrogens is 1. The lowest BCUT2D eigenvalue weighted by Gasteiger charge is -2.22. The lowest BCUT2D eigenvalue weighted by Crippen LogP contribution is -2.34. The number of rotatable bonds is 8. The first kappa shape index (κ1) is 24.1. The summed E-state index contributed by atoms with van der Waals surface area (Å²) in [6, 6.07) is 12.4. The van der Waals surface area contributed by atoms with Crippen LogP contribution in [0.15, 0.2) is 64.6 Å². The number of aliphatic imine (C=N–C) groups is 1. The maximum absolute atomic E-state index is 13.4. The Morgan fingerprint density at radius 2 is 1.97 bits per heavy atom. The molecule has 35 heavy (non-hydrogen) atoms. The summed E-state index contributed by atoms with van der Waals surface area (Å²) in [6.45, 7) is 2.62. The van der Waals surface area contributed by atoms with E-state index in [1.165, 1.54) is 16.4 Å². The zero-order valence-corrected chi connectivity index (χ0v) is 20.0. The van der Waals surface area contributed by atoms with E-state index < -0.39 is 0 Å². The van der Waals surface area contributed by atoms with Crippen LogP contribution in [-0.2, 0) is 16.2 Å². The van der Waals surface area contributed by atoms with E-state index in [-0.39, 0.29) is 30.7 Å². The van der Waals surface area contributed by atoms with Gasteiger partial charge in [-0.05, 0) is 42.3 Å². The molecule has 3 aromatic rings. The first-order valence-corrected chi connectivity index (χ1v) is 12.0. The van der Waals surface area contributed by atoms with Crippen molar-refractivity contribution < 1.29 is 14.4 Å². The van der Waals surface area contributed by atoms with Crippen LogP contribution in [0, 0.1) is 0 Å². The van der Waals surface area contributed by atoms with Crippen LogP contribution in [0.4, 0.5) is 16.5 Å². The molecule has 2 heterocycles. The van der Waals surface area contributed by atoms with Gasteiger partial charge < -0.3 is 11.5 Å². The molecule has 0 radical (unpaired) electrons. The van der Waals surface area contributed by atoms with Gasteiger partial charge >= 0.3 is 0 Å². The van der Waals surface area contributed by atoms with Gasteiger partial charge in [0.1, 0.15) is 12.4 Å². The molecule has 180 valence electrons. The lowest BCUT2D eigenvalue weighted by molar-refractivity contribution is -0.187. The third-order valence-corrected chi connectivity index (χ3v) is 5.89. The van der Waals surface area contributed by atoms with Crippen molar-refractivity contribution in [1.29, 1.82) is 0 Å². The largest absolute Gasteiger partial charge is 0.399 e. The molecule has 0 saturated carbocycles. The number of anilines is 2. The third-order valence-electron chi connectivity index (χ3n) is 5.21. The maximum atomic E-state index is 13.4. The number of thiazole rings is 1. The van der Waals surface area contributed by atoms with Crippen molar-refractivity contribution in [3.63, 3.8) is 0 Å². The summed E-state index contributed by atoms with van der Waals surface area (Å²) >= 11 is 1.33. The van der Waals surface area contributed by atoms with Gasteiger partial charge in [0, 0.05) is 46.9 Å². The van der Waals surface area contributed by atoms with Crippen molar-refractivity contribution in [2.75, 3.05) is 17.6 Å². The van der Waals surface area contributed by atoms with Crippen molar-refractivity contribution in [3.8, 4) is 0 Å². The number of nitrogens with zero attached hydrogens (tertiary/aromatic N) is 3. The van der Waals surface area contributed by atoms with Crippen molar-refractivity contribution >= 4 is 51.6 Å². The quantitative estimate of drug-likeness (QED) is 0.321. The Labute approximate surface area is 207 Å². The molecule has 0 fully saturated rings. The number of amidine groups is 1. The first-order valence-electron chi connectivity index (χ1n) is 11.1. The number of hydroxylamine groups is 2. The summed E-state index contributed by atoms with van der Waals surface area (Å²) < 4.78 is 0. The van der Waals surface area contributed by atoms with E-state index in [1.807, 2.05) is 19.1 Å². The Bertz CT molecular complexity index is 1270. The topological polar surface area (TPSA) is 136 Å². The minimum Gasteiger partial charge on any atom is -0.399 e. The molecule has 5 N–H and O–H groups in total. The summed E-state index contributed by atoms with van der Waals surface area (Å²) in [5, 5.41) is 6.39. The molecular formula is C25H26N6O3S. The average Bonchev–Trinajstić information content (AvgIpc) is 3.29. The molecule has 0 saturated heterocycles. The van der Waals surface area contributed by atoms with Crippen molar-refractivity contribution in [2.24, 2.45) is 10.7 Å².